The van der Waals surface area contributed by atoms with Crippen LogP contribution in [0.4, 0.5) is 23.2 Å². The number of ether oxygens (including phenoxy) is 1. The van der Waals surface area contributed by atoms with Gasteiger partial charge in [-0.05, 0) is 24.1 Å². The summed E-state index contributed by atoms with van der Waals surface area (Å²) >= 11 is 0. The fourth-order valence-electron chi connectivity index (χ4n) is 4.04. The van der Waals surface area contributed by atoms with Gasteiger partial charge in [0.15, 0.2) is 0 Å². The average Bonchev–Trinajstić information content (AvgIpc) is 2.96. The Morgan fingerprint density at radius 1 is 1.17 bits per heavy atom. The number of carbonyl (C=O) groups is 2. The number of nitrogens with zero attached hydrogens (tertiary/aromatic N) is 2. The molecule has 3 saturated heterocycles. The highest BCUT2D eigenvalue weighted by Crippen LogP contribution is 2.38. The van der Waals surface area contributed by atoms with Crippen molar-refractivity contribution in [3.63, 3.8) is 0 Å². The van der Waals surface area contributed by atoms with Crippen LogP contribution in [0.25, 0.3) is 0 Å². The van der Waals surface area contributed by atoms with Gasteiger partial charge in [0.25, 0.3) is 0 Å². The van der Waals surface area contributed by atoms with Crippen LogP contribution in [-0.2, 0) is 14.3 Å². The van der Waals surface area contributed by atoms with Crippen LogP contribution < -0.4 is 4.90 Å². The quantitative estimate of drug-likeness (QED) is 0.549. The molecule has 4 rings (SSSR count). The Morgan fingerprint density at radius 2 is 1.90 bits per heavy atom. The van der Waals surface area contributed by atoms with Gasteiger partial charge >= 0.3 is 12.1 Å². The lowest BCUT2D eigenvalue weighted by Gasteiger charge is -2.42. The molecule has 3 aliphatic rings. The van der Waals surface area contributed by atoms with E-state index in [1.807, 2.05) is 0 Å². The largest absolute Gasteiger partial charge is 0.465 e. The number of amides is 1. The molecule has 29 heavy (non-hydrogen) atoms. The molecule has 9 heteroatoms. The van der Waals surface area contributed by atoms with Gasteiger partial charge in [-0.1, -0.05) is 6.07 Å². The fraction of sp³-hybridized carbons (Fsp3) is 0.600. The minimum Gasteiger partial charge on any atom is -0.465 e. The molecule has 3 heterocycles. The second-order valence-corrected chi connectivity index (χ2v) is 8.14. The molecule has 0 aromatic heterocycles. The van der Waals surface area contributed by atoms with Gasteiger partial charge in [-0.3, -0.25) is 9.59 Å². The van der Waals surface area contributed by atoms with E-state index < -0.39 is 17.9 Å². The summed E-state index contributed by atoms with van der Waals surface area (Å²) in [7, 11) is 0. The van der Waals surface area contributed by atoms with Crippen molar-refractivity contribution >= 4 is 17.6 Å². The van der Waals surface area contributed by atoms with Crippen LogP contribution >= 0.6 is 0 Å². The lowest BCUT2D eigenvalue weighted by atomic mass is 9.90. The smallest absolute Gasteiger partial charge is 0.395 e. The maximum Gasteiger partial charge on any atom is 0.395 e. The predicted octanol–water partition coefficient (Wildman–Crippen LogP) is 3.09. The minimum atomic E-state index is -4.24. The number of likely N-dealkylation sites (tertiary alicyclic amines) is 1. The lowest BCUT2D eigenvalue weighted by Crippen LogP contribution is -2.53. The molecule has 3 aliphatic heterocycles. The first kappa shape index (κ1) is 20.0. The third-order valence-corrected chi connectivity index (χ3v) is 6.06. The topological polar surface area (TPSA) is 49.9 Å². The molecule has 1 amide bonds. The van der Waals surface area contributed by atoms with E-state index >= 15 is 0 Å². The highest BCUT2D eigenvalue weighted by molar-refractivity contribution is 5.77. The molecule has 5 nitrogen and oxygen atoms in total. The van der Waals surface area contributed by atoms with E-state index in [-0.39, 0.29) is 42.5 Å². The van der Waals surface area contributed by atoms with Gasteiger partial charge < -0.3 is 14.5 Å². The summed E-state index contributed by atoms with van der Waals surface area (Å²) in [5, 5.41) is 0. The van der Waals surface area contributed by atoms with Gasteiger partial charge in [-0.15, -0.1) is 0 Å². The SMILES string of the molecule is O=C1C[C@H](CCC(=O)N2CC(c3ccc(N4CC(C(F)(F)F)C4)c(F)c3)C2)CO1. The van der Waals surface area contributed by atoms with Crippen molar-refractivity contribution in [3.8, 4) is 0 Å². The molecule has 0 radical (unpaired) electrons. The molecule has 0 bridgehead atoms. The number of benzene rings is 1. The summed E-state index contributed by atoms with van der Waals surface area (Å²) in [4.78, 5) is 26.4. The summed E-state index contributed by atoms with van der Waals surface area (Å²) in [6, 6.07) is 4.62. The Balaban J connectivity index is 1.25. The number of hydrogen-bond donors (Lipinski definition) is 0. The van der Waals surface area contributed by atoms with Gasteiger partial charge in [0.05, 0.1) is 24.6 Å². The van der Waals surface area contributed by atoms with Crippen molar-refractivity contribution < 1.29 is 31.9 Å². The van der Waals surface area contributed by atoms with Crippen LogP contribution in [0.3, 0.4) is 0 Å². The van der Waals surface area contributed by atoms with Crippen molar-refractivity contribution in [2.45, 2.75) is 31.4 Å². The number of cyclic esters (lactones) is 1. The third-order valence-electron chi connectivity index (χ3n) is 6.06. The molecule has 3 fully saturated rings. The number of halogens is 4. The average molecular weight is 414 g/mol. The summed E-state index contributed by atoms with van der Waals surface area (Å²) in [5.74, 6) is -2.01. The van der Waals surface area contributed by atoms with E-state index in [1.54, 1.807) is 11.0 Å². The first-order valence-corrected chi connectivity index (χ1v) is 9.75. The Kier molecular flexibility index (Phi) is 5.16. The molecule has 1 aromatic carbocycles. The van der Waals surface area contributed by atoms with Gasteiger partial charge in [-0.2, -0.15) is 13.2 Å². The van der Waals surface area contributed by atoms with Crippen molar-refractivity contribution in [2.24, 2.45) is 11.8 Å². The lowest BCUT2D eigenvalue weighted by molar-refractivity contribution is -0.180. The molecule has 0 N–H and O–H groups in total. The third kappa shape index (κ3) is 4.18. The van der Waals surface area contributed by atoms with E-state index in [0.717, 1.165) is 5.56 Å². The zero-order chi connectivity index (χ0) is 20.8. The molecule has 0 aliphatic carbocycles. The Hall–Kier alpha value is -2.32. The van der Waals surface area contributed by atoms with Crippen molar-refractivity contribution in [2.75, 3.05) is 37.7 Å². The highest BCUT2D eigenvalue weighted by Gasteiger charge is 2.47. The van der Waals surface area contributed by atoms with Crippen LogP contribution in [0.5, 0.6) is 0 Å². The monoisotopic (exact) mass is 414 g/mol. The first-order chi connectivity index (χ1) is 13.7. The van der Waals surface area contributed by atoms with Crippen molar-refractivity contribution in [1.82, 2.24) is 4.90 Å². The maximum atomic E-state index is 14.4. The molecular formula is C20H22F4N2O3. The number of carbonyl (C=O) groups excluding carboxylic acids is 2. The van der Waals surface area contributed by atoms with Crippen LogP contribution in [0.15, 0.2) is 18.2 Å². The predicted molar refractivity (Wildman–Crippen MR) is 95.8 cm³/mol. The van der Waals surface area contributed by atoms with Crippen LogP contribution in [0.1, 0.15) is 30.7 Å². The number of rotatable bonds is 5. The van der Waals surface area contributed by atoms with E-state index in [2.05, 4.69) is 0 Å². The normalized spacial score (nSPS) is 23.0. The van der Waals surface area contributed by atoms with E-state index in [1.165, 1.54) is 17.0 Å². The highest BCUT2D eigenvalue weighted by atomic mass is 19.4. The zero-order valence-electron chi connectivity index (χ0n) is 15.8. The second kappa shape index (κ2) is 7.50. The Bertz CT molecular complexity index is 801. The first-order valence-electron chi connectivity index (χ1n) is 9.75. The molecular weight excluding hydrogens is 392 g/mol. The Morgan fingerprint density at radius 3 is 2.48 bits per heavy atom. The fourth-order valence-corrected chi connectivity index (χ4v) is 4.04. The van der Waals surface area contributed by atoms with Crippen LogP contribution in [0, 0.1) is 17.7 Å². The number of esters is 1. The van der Waals surface area contributed by atoms with Crippen LogP contribution in [0.2, 0.25) is 0 Å². The minimum absolute atomic E-state index is 0.0106. The second-order valence-electron chi connectivity index (χ2n) is 8.14. The summed E-state index contributed by atoms with van der Waals surface area (Å²) in [6.45, 7) is 0.933. The number of anilines is 1. The van der Waals surface area contributed by atoms with E-state index in [9.17, 15) is 27.2 Å². The molecule has 1 aromatic rings. The van der Waals surface area contributed by atoms with Crippen molar-refractivity contribution in [3.05, 3.63) is 29.6 Å². The zero-order valence-corrected chi connectivity index (χ0v) is 15.8. The summed E-state index contributed by atoms with van der Waals surface area (Å²) in [6.07, 6.45) is -2.90. The molecule has 158 valence electrons. The summed E-state index contributed by atoms with van der Waals surface area (Å²) in [5.41, 5.74) is 0.938. The summed E-state index contributed by atoms with van der Waals surface area (Å²) < 4.78 is 57.1. The van der Waals surface area contributed by atoms with E-state index in [0.29, 0.717) is 39.0 Å². The van der Waals surface area contributed by atoms with Gasteiger partial charge in [0.1, 0.15) is 5.82 Å². The standard InChI is InChI=1S/C20H22F4N2O3/c21-16-6-13(2-3-17(16)25-9-15(10-25)20(22,23)24)14-7-26(8-14)18(27)4-1-12-5-19(28)29-11-12/h2-3,6,12,14-15H,1,4-5,7-11H2/t12-/m0/s1. The number of hydrogen-bond acceptors (Lipinski definition) is 4. The molecule has 0 unspecified atom stereocenters. The maximum absolute atomic E-state index is 14.4. The number of alkyl halides is 3. The Labute approximate surface area is 165 Å². The van der Waals surface area contributed by atoms with Gasteiger partial charge in [0.2, 0.25) is 5.91 Å². The van der Waals surface area contributed by atoms with Crippen LogP contribution in [-0.4, -0.2) is 55.7 Å². The van der Waals surface area contributed by atoms with Gasteiger partial charge in [0, 0.05) is 44.4 Å². The van der Waals surface area contributed by atoms with Crippen molar-refractivity contribution in [1.29, 1.82) is 0 Å². The van der Waals surface area contributed by atoms with E-state index in [4.69, 9.17) is 4.74 Å². The molecule has 1 atom stereocenters. The molecule has 0 spiro atoms. The molecule has 0 saturated carbocycles. The van der Waals surface area contributed by atoms with Gasteiger partial charge in [-0.25, -0.2) is 4.39 Å².